The van der Waals surface area contributed by atoms with E-state index in [1.807, 2.05) is 0 Å². The Morgan fingerprint density at radius 2 is 1.84 bits per heavy atom. The van der Waals surface area contributed by atoms with E-state index in [2.05, 4.69) is 10.1 Å². The molecule has 2 aromatic carbocycles. The number of carbonyl (C=O) groups excluding carboxylic acids is 4. The minimum absolute atomic E-state index is 0.0657. The van der Waals surface area contributed by atoms with Gasteiger partial charge in [0.15, 0.2) is 0 Å². The number of hydrogen-bond acceptors (Lipinski definition) is 6. The van der Waals surface area contributed by atoms with Crippen molar-refractivity contribution in [2.75, 3.05) is 19.0 Å². The van der Waals surface area contributed by atoms with Gasteiger partial charge in [-0.25, -0.2) is 4.79 Å². The second kappa shape index (κ2) is 9.74. The van der Waals surface area contributed by atoms with E-state index in [1.54, 1.807) is 12.1 Å². The second-order valence-electron chi connectivity index (χ2n) is 6.17. The molecule has 0 atom stereocenters. The number of hydrogen-bond donors (Lipinski definition) is 1. The molecule has 0 aromatic heterocycles. The Balaban J connectivity index is 1.72. The fraction of sp³-hybridized carbons (Fsp3) is 0.100. The summed E-state index contributed by atoms with van der Waals surface area (Å²) in [6.45, 7) is -0.507. The lowest BCUT2D eigenvalue weighted by Crippen LogP contribution is -2.36. The molecule has 160 valence electrons. The van der Waals surface area contributed by atoms with Crippen LogP contribution in [-0.4, -0.2) is 41.6 Å². The first-order valence-electron chi connectivity index (χ1n) is 8.57. The van der Waals surface area contributed by atoms with E-state index in [0.717, 1.165) is 4.90 Å². The van der Waals surface area contributed by atoms with Crippen LogP contribution in [0.5, 0.6) is 0 Å². The maximum Gasteiger partial charge on any atom is 0.339 e. The van der Waals surface area contributed by atoms with Gasteiger partial charge in [0.05, 0.1) is 22.6 Å². The highest BCUT2D eigenvalue weighted by molar-refractivity contribution is 8.18. The molecule has 31 heavy (non-hydrogen) atoms. The SMILES string of the molecule is COC(=O)c1cc(NC(=O)CN2C(=O)S/C(=C/c3ccc(Cl)cc3Cl)C2=O)ccc1Cl. The fourth-order valence-corrected chi connectivity index (χ4v) is 4.10. The van der Waals surface area contributed by atoms with Crippen LogP contribution >= 0.6 is 46.6 Å². The van der Waals surface area contributed by atoms with Crippen molar-refractivity contribution in [3.05, 3.63) is 67.5 Å². The summed E-state index contributed by atoms with van der Waals surface area (Å²) in [5, 5.41) is 2.84. The van der Waals surface area contributed by atoms with E-state index >= 15 is 0 Å². The molecule has 0 radical (unpaired) electrons. The number of thioether (sulfide) groups is 1. The van der Waals surface area contributed by atoms with Crippen molar-refractivity contribution in [1.29, 1.82) is 0 Å². The lowest BCUT2D eigenvalue weighted by molar-refractivity contribution is -0.127. The Kier molecular flexibility index (Phi) is 7.27. The maximum atomic E-state index is 12.6. The number of halogens is 3. The van der Waals surface area contributed by atoms with Crippen LogP contribution in [0.2, 0.25) is 15.1 Å². The van der Waals surface area contributed by atoms with Gasteiger partial charge in [0.1, 0.15) is 6.54 Å². The average molecular weight is 500 g/mol. The molecule has 7 nitrogen and oxygen atoms in total. The van der Waals surface area contributed by atoms with Gasteiger partial charge in [-0.1, -0.05) is 40.9 Å². The number of methoxy groups -OCH3 is 1. The third-order valence-corrected chi connectivity index (χ3v) is 5.88. The monoisotopic (exact) mass is 498 g/mol. The van der Waals surface area contributed by atoms with E-state index < -0.39 is 29.6 Å². The second-order valence-corrected chi connectivity index (χ2v) is 8.41. The normalized spacial score (nSPS) is 14.8. The molecule has 1 heterocycles. The molecule has 1 aliphatic rings. The number of rotatable bonds is 5. The number of esters is 1. The molecule has 0 unspecified atom stereocenters. The average Bonchev–Trinajstić information content (AvgIpc) is 2.98. The van der Waals surface area contributed by atoms with Gasteiger partial charge in [0.2, 0.25) is 5.91 Å². The summed E-state index contributed by atoms with van der Waals surface area (Å²) in [7, 11) is 1.20. The largest absolute Gasteiger partial charge is 0.465 e. The lowest BCUT2D eigenvalue weighted by Gasteiger charge is -2.13. The lowest BCUT2D eigenvalue weighted by atomic mass is 10.2. The van der Waals surface area contributed by atoms with Gasteiger partial charge in [-0.05, 0) is 53.7 Å². The minimum atomic E-state index is -0.668. The fourth-order valence-electron chi connectivity index (χ4n) is 2.61. The zero-order valence-electron chi connectivity index (χ0n) is 15.8. The number of imide groups is 1. The van der Waals surface area contributed by atoms with Crippen molar-refractivity contribution >= 4 is 81.4 Å². The number of ether oxygens (including phenoxy) is 1. The summed E-state index contributed by atoms with van der Waals surface area (Å²) in [4.78, 5) is 49.9. The number of nitrogens with one attached hydrogen (secondary N) is 1. The van der Waals surface area contributed by atoms with Crippen LogP contribution in [0.25, 0.3) is 6.08 Å². The van der Waals surface area contributed by atoms with Gasteiger partial charge < -0.3 is 10.1 Å². The Bertz CT molecular complexity index is 1140. The molecule has 3 amide bonds. The van der Waals surface area contributed by atoms with Crippen molar-refractivity contribution in [3.63, 3.8) is 0 Å². The number of nitrogens with zero attached hydrogens (tertiary/aromatic N) is 1. The summed E-state index contributed by atoms with van der Waals surface area (Å²) in [5.41, 5.74) is 0.832. The van der Waals surface area contributed by atoms with E-state index in [0.29, 0.717) is 27.4 Å². The third kappa shape index (κ3) is 5.40. The number of benzene rings is 2. The summed E-state index contributed by atoms with van der Waals surface area (Å²) >= 11 is 18.6. The van der Waals surface area contributed by atoms with Crippen LogP contribution in [0.1, 0.15) is 15.9 Å². The summed E-state index contributed by atoms with van der Waals surface area (Å²) < 4.78 is 4.63. The predicted molar refractivity (Wildman–Crippen MR) is 121 cm³/mol. The first-order chi connectivity index (χ1) is 14.7. The van der Waals surface area contributed by atoms with Crippen LogP contribution in [0.4, 0.5) is 10.5 Å². The molecule has 3 rings (SSSR count). The number of anilines is 1. The molecule has 0 spiro atoms. The van der Waals surface area contributed by atoms with Crippen molar-refractivity contribution in [2.24, 2.45) is 0 Å². The third-order valence-electron chi connectivity index (χ3n) is 4.08. The first kappa shape index (κ1) is 23.1. The van der Waals surface area contributed by atoms with Gasteiger partial charge in [0, 0.05) is 15.7 Å². The molecule has 1 aliphatic heterocycles. The molecule has 1 N–H and O–H groups in total. The Morgan fingerprint density at radius 1 is 1.10 bits per heavy atom. The van der Waals surface area contributed by atoms with E-state index in [1.165, 1.54) is 37.5 Å². The zero-order valence-corrected chi connectivity index (χ0v) is 18.9. The van der Waals surface area contributed by atoms with Crippen LogP contribution in [-0.2, 0) is 14.3 Å². The first-order valence-corrected chi connectivity index (χ1v) is 10.5. The molecule has 0 bridgehead atoms. The Labute approximate surface area is 196 Å². The summed E-state index contributed by atoms with van der Waals surface area (Å²) in [5.74, 6) is -1.92. The van der Waals surface area contributed by atoms with Gasteiger partial charge in [-0.15, -0.1) is 0 Å². The van der Waals surface area contributed by atoms with E-state index in [-0.39, 0.29) is 21.2 Å². The smallest absolute Gasteiger partial charge is 0.339 e. The van der Waals surface area contributed by atoms with Gasteiger partial charge in [-0.3, -0.25) is 19.3 Å². The zero-order chi connectivity index (χ0) is 22.7. The highest BCUT2D eigenvalue weighted by Crippen LogP contribution is 2.34. The predicted octanol–water partition coefficient (Wildman–Crippen LogP) is 5.11. The number of amides is 3. The van der Waals surface area contributed by atoms with Crippen LogP contribution in [0.3, 0.4) is 0 Å². The van der Waals surface area contributed by atoms with E-state index in [9.17, 15) is 19.2 Å². The molecule has 2 aromatic rings. The minimum Gasteiger partial charge on any atom is -0.465 e. The number of carbonyl (C=O) groups is 4. The van der Waals surface area contributed by atoms with E-state index in [4.69, 9.17) is 34.8 Å². The molecular formula is C20H13Cl3N2O5S. The maximum absolute atomic E-state index is 12.6. The van der Waals surface area contributed by atoms with Gasteiger partial charge in [0.25, 0.3) is 11.1 Å². The summed E-state index contributed by atoms with van der Waals surface area (Å²) in [6.07, 6.45) is 1.46. The van der Waals surface area contributed by atoms with Crippen molar-refractivity contribution in [1.82, 2.24) is 4.90 Å². The standard InChI is InChI=1S/C20H13Cl3N2O5S/c1-30-19(28)13-8-12(4-5-14(13)22)24-17(26)9-25-18(27)16(31-20(25)29)6-10-2-3-11(21)7-15(10)23/h2-8H,9H2,1H3,(H,24,26)/b16-6+. The summed E-state index contributed by atoms with van der Waals surface area (Å²) in [6, 6.07) is 8.96. The Morgan fingerprint density at radius 3 is 2.52 bits per heavy atom. The molecule has 1 saturated heterocycles. The highest BCUT2D eigenvalue weighted by atomic mass is 35.5. The van der Waals surface area contributed by atoms with Gasteiger partial charge in [-0.2, -0.15) is 0 Å². The van der Waals surface area contributed by atoms with Crippen LogP contribution in [0, 0.1) is 0 Å². The molecule has 0 aliphatic carbocycles. The topological polar surface area (TPSA) is 92.8 Å². The highest BCUT2D eigenvalue weighted by Gasteiger charge is 2.36. The Hall–Kier alpha value is -2.52. The molecular weight excluding hydrogens is 487 g/mol. The van der Waals surface area contributed by atoms with Crippen LogP contribution in [0.15, 0.2) is 41.3 Å². The quantitative estimate of drug-likeness (QED) is 0.454. The van der Waals surface area contributed by atoms with Crippen molar-refractivity contribution < 1.29 is 23.9 Å². The van der Waals surface area contributed by atoms with Gasteiger partial charge >= 0.3 is 5.97 Å². The molecule has 0 saturated carbocycles. The van der Waals surface area contributed by atoms with Crippen molar-refractivity contribution in [3.8, 4) is 0 Å². The van der Waals surface area contributed by atoms with Crippen LogP contribution < -0.4 is 5.32 Å². The van der Waals surface area contributed by atoms with Crippen molar-refractivity contribution in [2.45, 2.75) is 0 Å². The molecule has 1 fully saturated rings. The molecule has 11 heteroatoms.